The van der Waals surface area contributed by atoms with Gasteiger partial charge in [0.15, 0.2) is 0 Å². The second-order valence-electron chi connectivity index (χ2n) is 3.68. The van der Waals surface area contributed by atoms with Crippen LogP contribution >= 0.6 is 11.6 Å². The lowest BCUT2D eigenvalue weighted by Crippen LogP contribution is -2.42. The van der Waals surface area contributed by atoms with Crippen molar-refractivity contribution in [1.29, 1.82) is 0 Å². The van der Waals surface area contributed by atoms with Crippen LogP contribution in [0.2, 0.25) is 5.02 Å². The average molecular weight is 241 g/mol. The molecule has 2 rings (SSSR count). The van der Waals surface area contributed by atoms with Crippen molar-refractivity contribution in [3.8, 4) is 0 Å². The van der Waals surface area contributed by atoms with Gasteiger partial charge < -0.3 is 19.7 Å². The highest BCUT2D eigenvalue weighted by molar-refractivity contribution is 6.61. The van der Waals surface area contributed by atoms with Gasteiger partial charge in [-0.1, -0.05) is 11.6 Å². The van der Waals surface area contributed by atoms with Crippen LogP contribution in [0.5, 0.6) is 0 Å². The van der Waals surface area contributed by atoms with E-state index in [0.29, 0.717) is 23.7 Å². The van der Waals surface area contributed by atoms with Crippen molar-refractivity contribution in [3.05, 3.63) is 23.2 Å². The normalized spacial score (nSPS) is 16.3. The largest absolute Gasteiger partial charge is 0.490 e. The third-order valence-electron chi connectivity index (χ3n) is 2.62. The Morgan fingerprint density at radius 2 is 1.94 bits per heavy atom. The molecule has 0 bridgehead atoms. The third kappa shape index (κ3) is 2.49. The van der Waals surface area contributed by atoms with Crippen molar-refractivity contribution in [1.82, 2.24) is 0 Å². The van der Waals surface area contributed by atoms with Gasteiger partial charge in [0.05, 0.1) is 13.2 Å². The molecule has 0 aliphatic carbocycles. The lowest BCUT2D eigenvalue weighted by atomic mass is 9.78. The first-order valence-corrected chi connectivity index (χ1v) is 5.54. The lowest BCUT2D eigenvalue weighted by Gasteiger charge is -2.30. The Balaban J connectivity index is 2.31. The Hall–Kier alpha value is -0.745. The molecule has 4 nitrogen and oxygen atoms in total. The van der Waals surface area contributed by atoms with Crippen LogP contribution in [-0.2, 0) is 4.74 Å². The first kappa shape index (κ1) is 11.7. The van der Waals surface area contributed by atoms with Gasteiger partial charge in [0, 0.05) is 29.3 Å². The summed E-state index contributed by atoms with van der Waals surface area (Å²) < 4.78 is 5.25. The van der Waals surface area contributed by atoms with Crippen molar-refractivity contribution in [2.75, 3.05) is 31.2 Å². The minimum atomic E-state index is -1.50. The van der Waals surface area contributed by atoms with E-state index in [1.54, 1.807) is 12.1 Å². The predicted molar refractivity (Wildman–Crippen MR) is 64.3 cm³/mol. The summed E-state index contributed by atoms with van der Waals surface area (Å²) in [6.07, 6.45) is 0. The zero-order valence-electron chi connectivity index (χ0n) is 8.77. The number of halogens is 1. The Kier molecular flexibility index (Phi) is 3.71. The quantitative estimate of drug-likeness (QED) is 0.708. The monoisotopic (exact) mass is 241 g/mol. The highest BCUT2D eigenvalue weighted by Gasteiger charge is 2.21. The summed E-state index contributed by atoms with van der Waals surface area (Å²) in [5.41, 5.74) is 1.25. The number of nitrogens with zero attached hydrogens (tertiary/aromatic N) is 1. The summed E-state index contributed by atoms with van der Waals surface area (Å²) in [5.74, 6) is 0. The molecule has 1 aromatic carbocycles. The molecular formula is C10H13BClNO3. The van der Waals surface area contributed by atoms with Crippen LogP contribution in [0.15, 0.2) is 18.2 Å². The molecule has 1 aliphatic rings. The van der Waals surface area contributed by atoms with Gasteiger partial charge in [-0.3, -0.25) is 0 Å². The number of hydrogen-bond acceptors (Lipinski definition) is 4. The second kappa shape index (κ2) is 5.06. The van der Waals surface area contributed by atoms with Crippen molar-refractivity contribution in [3.63, 3.8) is 0 Å². The van der Waals surface area contributed by atoms with Crippen LogP contribution < -0.4 is 10.4 Å². The number of ether oxygens (including phenoxy) is 1. The standard InChI is InChI=1S/C10H13BClNO3/c12-8-1-2-10(9(7-8)11(14)15)13-3-5-16-6-4-13/h1-2,7,14-15H,3-6H2. The molecule has 1 heterocycles. The van der Waals surface area contributed by atoms with Gasteiger partial charge in [-0.15, -0.1) is 0 Å². The summed E-state index contributed by atoms with van der Waals surface area (Å²) in [6, 6.07) is 5.14. The van der Waals surface area contributed by atoms with Crippen LogP contribution in [0, 0.1) is 0 Å². The topological polar surface area (TPSA) is 52.9 Å². The zero-order chi connectivity index (χ0) is 11.5. The molecule has 0 atom stereocenters. The SMILES string of the molecule is OB(O)c1cc(Cl)ccc1N1CCOCC1. The molecule has 0 aromatic heterocycles. The minimum absolute atomic E-state index is 0.439. The van der Waals surface area contributed by atoms with Crippen LogP contribution in [0.3, 0.4) is 0 Å². The molecule has 2 N–H and O–H groups in total. The Labute approximate surface area is 99.5 Å². The Morgan fingerprint density at radius 3 is 2.56 bits per heavy atom. The first-order valence-electron chi connectivity index (χ1n) is 5.17. The minimum Gasteiger partial charge on any atom is -0.423 e. The van der Waals surface area contributed by atoms with Gasteiger partial charge >= 0.3 is 7.12 Å². The van der Waals surface area contributed by atoms with Crippen molar-refractivity contribution in [2.45, 2.75) is 0 Å². The molecule has 1 saturated heterocycles. The number of morpholine rings is 1. The molecule has 86 valence electrons. The molecule has 6 heteroatoms. The van der Waals surface area contributed by atoms with E-state index < -0.39 is 7.12 Å². The van der Waals surface area contributed by atoms with E-state index in [-0.39, 0.29) is 0 Å². The second-order valence-corrected chi connectivity index (χ2v) is 4.11. The number of hydrogen-bond donors (Lipinski definition) is 2. The summed E-state index contributed by atoms with van der Waals surface area (Å²) in [7, 11) is -1.50. The van der Waals surface area contributed by atoms with Crippen LogP contribution in [0.1, 0.15) is 0 Å². The van der Waals surface area contributed by atoms with Crippen LogP contribution in [0.4, 0.5) is 5.69 Å². The van der Waals surface area contributed by atoms with Gasteiger partial charge in [0.2, 0.25) is 0 Å². The van der Waals surface area contributed by atoms with Crippen LogP contribution in [0.25, 0.3) is 0 Å². The summed E-state index contributed by atoms with van der Waals surface area (Å²) >= 11 is 5.83. The highest BCUT2D eigenvalue weighted by atomic mass is 35.5. The Bertz CT molecular complexity index is 369. The Morgan fingerprint density at radius 1 is 1.25 bits per heavy atom. The summed E-state index contributed by atoms with van der Waals surface area (Å²) in [6.45, 7) is 2.82. The van der Waals surface area contributed by atoms with Crippen molar-refractivity contribution >= 4 is 29.9 Å². The van der Waals surface area contributed by atoms with E-state index in [9.17, 15) is 10.0 Å². The summed E-state index contributed by atoms with van der Waals surface area (Å²) in [4.78, 5) is 2.06. The third-order valence-corrected chi connectivity index (χ3v) is 2.85. The molecule has 0 saturated carbocycles. The summed E-state index contributed by atoms with van der Waals surface area (Å²) in [5, 5.41) is 19.1. The molecule has 1 fully saturated rings. The molecule has 1 aromatic rings. The molecule has 0 amide bonds. The van der Waals surface area contributed by atoms with E-state index in [1.165, 1.54) is 0 Å². The zero-order valence-corrected chi connectivity index (χ0v) is 9.52. The fraction of sp³-hybridized carbons (Fsp3) is 0.400. The number of benzene rings is 1. The van der Waals surface area contributed by atoms with E-state index in [1.807, 2.05) is 6.07 Å². The maximum atomic E-state index is 9.30. The highest BCUT2D eigenvalue weighted by Crippen LogP contribution is 2.17. The van der Waals surface area contributed by atoms with Gasteiger partial charge in [-0.05, 0) is 18.2 Å². The maximum Gasteiger partial charge on any atom is 0.490 e. The van der Waals surface area contributed by atoms with E-state index in [2.05, 4.69) is 4.90 Å². The van der Waals surface area contributed by atoms with Gasteiger partial charge in [-0.2, -0.15) is 0 Å². The van der Waals surface area contributed by atoms with Gasteiger partial charge in [-0.25, -0.2) is 0 Å². The lowest BCUT2D eigenvalue weighted by molar-refractivity contribution is 0.123. The molecule has 16 heavy (non-hydrogen) atoms. The fourth-order valence-electron chi connectivity index (χ4n) is 1.82. The average Bonchev–Trinajstić information content (AvgIpc) is 2.30. The maximum absolute atomic E-state index is 9.30. The smallest absolute Gasteiger partial charge is 0.423 e. The van der Waals surface area contributed by atoms with Crippen molar-refractivity contribution < 1.29 is 14.8 Å². The number of anilines is 1. The molecule has 0 spiro atoms. The molecule has 1 aliphatic heterocycles. The van der Waals surface area contributed by atoms with E-state index in [0.717, 1.165) is 18.8 Å². The number of rotatable bonds is 2. The fourth-order valence-corrected chi connectivity index (χ4v) is 2.00. The first-order chi connectivity index (χ1) is 7.68. The predicted octanol–water partition coefficient (Wildman–Crippen LogP) is -0.144. The van der Waals surface area contributed by atoms with Gasteiger partial charge in [0.1, 0.15) is 0 Å². The molecule has 0 unspecified atom stereocenters. The molecule has 0 radical (unpaired) electrons. The van der Waals surface area contributed by atoms with E-state index in [4.69, 9.17) is 16.3 Å². The van der Waals surface area contributed by atoms with Crippen molar-refractivity contribution in [2.24, 2.45) is 0 Å². The van der Waals surface area contributed by atoms with Gasteiger partial charge in [0.25, 0.3) is 0 Å². The van der Waals surface area contributed by atoms with Crippen LogP contribution in [-0.4, -0.2) is 43.5 Å². The van der Waals surface area contributed by atoms with E-state index >= 15 is 0 Å². The molecular weight excluding hydrogens is 228 g/mol.